The molecule has 0 radical (unpaired) electrons. The minimum atomic E-state index is -0.732. The number of aryl methyl sites for hydroxylation is 2. The van der Waals surface area contributed by atoms with Crippen molar-refractivity contribution in [1.29, 1.82) is 0 Å². The Morgan fingerprint density at radius 2 is 1.87 bits per heavy atom. The maximum absolute atomic E-state index is 12.7. The number of rotatable bonds is 7. The number of hydrogen-bond acceptors (Lipinski definition) is 3. The summed E-state index contributed by atoms with van der Waals surface area (Å²) in [5.41, 5.74) is 2.12. The van der Waals surface area contributed by atoms with Crippen molar-refractivity contribution in [3.8, 4) is 5.75 Å². The lowest BCUT2D eigenvalue weighted by Gasteiger charge is -2.28. The number of hydrogen-bond donors (Lipinski definition) is 1. The highest BCUT2D eigenvalue weighted by atomic mass is 16.5. The summed E-state index contributed by atoms with van der Waals surface area (Å²) in [5.74, 6) is 1.17. The van der Waals surface area contributed by atoms with Crippen molar-refractivity contribution in [2.45, 2.75) is 66.1 Å². The molecule has 0 aliphatic heterocycles. The van der Waals surface area contributed by atoms with Crippen LogP contribution in [0.3, 0.4) is 0 Å². The van der Waals surface area contributed by atoms with E-state index in [1.54, 1.807) is 0 Å². The predicted molar refractivity (Wildman–Crippen MR) is 93.1 cm³/mol. The van der Waals surface area contributed by atoms with Crippen LogP contribution < -0.4 is 10.1 Å². The van der Waals surface area contributed by atoms with E-state index in [0.717, 1.165) is 35.4 Å². The SMILES string of the molecule is CCO[C@](C)(C(=O)Nc1cc(C)c(OC(C)C)c(C)c1)C1CC1. The Hall–Kier alpha value is -1.55. The summed E-state index contributed by atoms with van der Waals surface area (Å²) in [6.45, 7) is 12.4. The average Bonchev–Trinajstić information content (AvgIpc) is 3.27. The molecule has 1 N–H and O–H groups in total. The quantitative estimate of drug-likeness (QED) is 0.818. The van der Waals surface area contributed by atoms with Gasteiger partial charge in [0.05, 0.1) is 6.10 Å². The maximum Gasteiger partial charge on any atom is 0.256 e. The lowest BCUT2D eigenvalue weighted by Crippen LogP contribution is -2.44. The molecule has 0 aromatic heterocycles. The zero-order valence-electron chi connectivity index (χ0n) is 15.2. The van der Waals surface area contributed by atoms with Crippen LogP contribution >= 0.6 is 0 Å². The zero-order chi connectivity index (χ0) is 17.2. The van der Waals surface area contributed by atoms with E-state index < -0.39 is 5.60 Å². The minimum Gasteiger partial charge on any atom is -0.490 e. The smallest absolute Gasteiger partial charge is 0.256 e. The van der Waals surface area contributed by atoms with Crippen molar-refractivity contribution in [1.82, 2.24) is 0 Å². The number of anilines is 1. The van der Waals surface area contributed by atoms with Gasteiger partial charge in [0.15, 0.2) is 0 Å². The van der Waals surface area contributed by atoms with Crippen molar-refractivity contribution >= 4 is 11.6 Å². The third kappa shape index (κ3) is 4.05. The molecular formula is C19H29NO3. The minimum absolute atomic E-state index is 0.0572. The number of carbonyl (C=O) groups is 1. The van der Waals surface area contributed by atoms with Crippen LogP contribution in [0.1, 0.15) is 51.7 Å². The maximum atomic E-state index is 12.7. The van der Waals surface area contributed by atoms with Gasteiger partial charge in [-0.25, -0.2) is 0 Å². The first-order valence-electron chi connectivity index (χ1n) is 8.51. The molecule has 1 aromatic rings. The number of benzene rings is 1. The monoisotopic (exact) mass is 319 g/mol. The molecule has 1 saturated carbocycles. The van der Waals surface area contributed by atoms with Gasteiger partial charge in [-0.2, -0.15) is 0 Å². The average molecular weight is 319 g/mol. The third-order valence-electron chi connectivity index (χ3n) is 4.32. The Morgan fingerprint density at radius 1 is 1.30 bits per heavy atom. The zero-order valence-corrected chi connectivity index (χ0v) is 15.2. The van der Waals surface area contributed by atoms with E-state index in [0.29, 0.717) is 12.5 Å². The van der Waals surface area contributed by atoms with E-state index in [1.807, 2.05) is 53.7 Å². The van der Waals surface area contributed by atoms with Crippen LogP contribution in [0.5, 0.6) is 5.75 Å². The standard InChI is InChI=1S/C19H29NO3/c1-7-22-19(6,15-8-9-15)18(21)20-16-10-13(4)17(14(5)11-16)23-12(2)3/h10-12,15H,7-9H2,1-6H3,(H,20,21)/t19-/m0/s1. The fourth-order valence-electron chi connectivity index (χ4n) is 3.00. The second kappa shape index (κ2) is 6.91. The topological polar surface area (TPSA) is 47.6 Å². The van der Waals surface area contributed by atoms with E-state index in [1.165, 1.54) is 0 Å². The third-order valence-corrected chi connectivity index (χ3v) is 4.32. The van der Waals surface area contributed by atoms with Gasteiger partial charge in [0.25, 0.3) is 5.91 Å². The van der Waals surface area contributed by atoms with E-state index in [4.69, 9.17) is 9.47 Å². The second-order valence-electron chi connectivity index (χ2n) is 6.87. The van der Waals surface area contributed by atoms with E-state index in [9.17, 15) is 4.79 Å². The van der Waals surface area contributed by atoms with Crippen LogP contribution in [0.15, 0.2) is 12.1 Å². The van der Waals surface area contributed by atoms with Crippen molar-refractivity contribution in [3.63, 3.8) is 0 Å². The lowest BCUT2D eigenvalue weighted by molar-refractivity contribution is -0.141. The van der Waals surface area contributed by atoms with Crippen LogP contribution in [0.2, 0.25) is 0 Å². The first-order valence-corrected chi connectivity index (χ1v) is 8.51. The molecule has 0 heterocycles. The summed E-state index contributed by atoms with van der Waals surface area (Å²) in [6.07, 6.45) is 2.25. The Bertz CT molecular complexity index is 555. The first-order chi connectivity index (χ1) is 10.8. The van der Waals surface area contributed by atoms with Crippen molar-refractivity contribution in [3.05, 3.63) is 23.3 Å². The van der Waals surface area contributed by atoms with Gasteiger partial charge >= 0.3 is 0 Å². The summed E-state index contributed by atoms with van der Waals surface area (Å²) in [5, 5.41) is 3.03. The Kier molecular flexibility index (Phi) is 5.35. The molecule has 1 aromatic carbocycles. The number of amides is 1. The summed E-state index contributed by atoms with van der Waals surface area (Å²) in [6, 6.07) is 3.92. The fourth-order valence-corrected chi connectivity index (χ4v) is 3.00. The molecule has 4 heteroatoms. The Labute approximate surface area is 139 Å². The molecule has 1 aliphatic carbocycles. The summed E-state index contributed by atoms with van der Waals surface area (Å²) < 4.78 is 11.6. The van der Waals surface area contributed by atoms with Gasteiger partial charge in [0.1, 0.15) is 11.4 Å². The van der Waals surface area contributed by atoms with E-state index >= 15 is 0 Å². The van der Waals surface area contributed by atoms with Crippen LogP contribution in [0.25, 0.3) is 0 Å². The molecule has 1 amide bonds. The first kappa shape index (κ1) is 17.8. The Morgan fingerprint density at radius 3 is 2.30 bits per heavy atom. The molecule has 0 bridgehead atoms. The van der Waals surface area contributed by atoms with Gasteiger partial charge in [-0.3, -0.25) is 4.79 Å². The van der Waals surface area contributed by atoms with Gasteiger partial charge in [-0.15, -0.1) is 0 Å². The second-order valence-corrected chi connectivity index (χ2v) is 6.87. The molecule has 128 valence electrons. The molecule has 0 spiro atoms. The highest BCUT2D eigenvalue weighted by molar-refractivity contribution is 5.97. The van der Waals surface area contributed by atoms with Gasteiger partial charge in [-0.1, -0.05) is 0 Å². The van der Waals surface area contributed by atoms with Crippen LogP contribution in [0.4, 0.5) is 5.69 Å². The Balaban J connectivity index is 2.18. The summed E-state index contributed by atoms with van der Waals surface area (Å²) in [4.78, 5) is 12.7. The molecule has 2 rings (SSSR count). The van der Waals surface area contributed by atoms with Crippen molar-refractivity contribution < 1.29 is 14.3 Å². The fraction of sp³-hybridized carbons (Fsp3) is 0.632. The van der Waals surface area contributed by atoms with Gasteiger partial charge in [0, 0.05) is 12.3 Å². The van der Waals surface area contributed by atoms with Gasteiger partial charge in [-0.05, 0) is 83.6 Å². The number of nitrogens with one attached hydrogen (secondary N) is 1. The van der Waals surface area contributed by atoms with E-state index in [-0.39, 0.29) is 12.0 Å². The van der Waals surface area contributed by atoms with Crippen LogP contribution in [-0.4, -0.2) is 24.2 Å². The number of carbonyl (C=O) groups excluding carboxylic acids is 1. The molecular weight excluding hydrogens is 290 g/mol. The molecule has 0 unspecified atom stereocenters. The lowest BCUT2D eigenvalue weighted by atomic mass is 9.98. The summed E-state index contributed by atoms with van der Waals surface area (Å²) in [7, 11) is 0. The van der Waals surface area contributed by atoms with Crippen molar-refractivity contribution in [2.24, 2.45) is 5.92 Å². The van der Waals surface area contributed by atoms with E-state index in [2.05, 4.69) is 5.32 Å². The molecule has 0 saturated heterocycles. The summed E-state index contributed by atoms with van der Waals surface area (Å²) >= 11 is 0. The predicted octanol–water partition coefficient (Wildman–Crippen LogP) is 4.23. The van der Waals surface area contributed by atoms with Crippen LogP contribution in [-0.2, 0) is 9.53 Å². The largest absolute Gasteiger partial charge is 0.490 e. The van der Waals surface area contributed by atoms with Crippen LogP contribution in [0, 0.1) is 19.8 Å². The molecule has 1 fully saturated rings. The molecule has 4 nitrogen and oxygen atoms in total. The van der Waals surface area contributed by atoms with Crippen molar-refractivity contribution in [2.75, 3.05) is 11.9 Å². The van der Waals surface area contributed by atoms with Gasteiger partial charge in [0.2, 0.25) is 0 Å². The molecule has 1 aliphatic rings. The number of ether oxygens (including phenoxy) is 2. The highest BCUT2D eigenvalue weighted by Crippen LogP contribution is 2.42. The highest BCUT2D eigenvalue weighted by Gasteiger charge is 2.48. The normalized spacial score (nSPS) is 17.0. The van der Waals surface area contributed by atoms with Gasteiger partial charge < -0.3 is 14.8 Å². The molecule has 23 heavy (non-hydrogen) atoms. The molecule has 1 atom stereocenters.